The molecule has 0 bridgehead atoms. The molecule has 0 radical (unpaired) electrons. The molecule has 0 aromatic rings. The molecule has 4 heteroatoms. The van der Waals surface area contributed by atoms with E-state index in [0.29, 0.717) is 13.2 Å². The Morgan fingerprint density at radius 1 is 1.19 bits per heavy atom. The molecule has 0 aliphatic carbocycles. The number of nitrogens with one attached hydrogen (secondary N) is 1. The van der Waals surface area contributed by atoms with E-state index in [0.717, 1.165) is 38.9 Å². The third-order valence-corrected chi connectivity index (χ3v) is 4.54. The van der Waals surface area contributed by atoms with Crippen LogP contribution < -0.4 is 5.32 Å². The molecule has 0 aromatic heterocycles. The Morgan fingerprint density at radius 2 is 1.76 bits per heavy atom. The van der Waals surface area contributed by atoms with Gasteiger partial charge in [-0.1, -0.05) is 13.8 Å². The van der Waals surface area contributed by atoms with Gasteiger partial charge in [0, 0.05) is 51.2 Å². The van der Waals surface area contributed by atoms with Crippen LogP contribution in [0.1, 0.15) is 53.9 Å². The molecular weight excluding hydrogens is 264 g/mol. The lowest BCUT2D eigenvalue weighted by Gasteiger charge is -2.40. The first-order valence-electron chi connectivity index (χ1n) is 8.31. The number of ether oxygens (including phenoxy) is 1. The Kier molecular flexibility index (Phi) is 6.66. The van der Waals surface area contributed by atoms with E-state index in [4.69, 9.17) is 4.74 Å². The second kappa shape index (κ2) is 7.40. The molecule has 1 fully saturated rings. The van der Waals surface area contributed by atoms with Crippen molar-refractivity contribution in [1.29, 1.82) is 0 Å². The molecule has 1 saturated heterocycles. The molecule has 2 N–H and O–H groups in total. The van der Waals surface area contributed by atoms with Gasteiger partial charge in [0.2, 0.25) is 0 Å². The predicted octanol–water partition coefficient (Wildman–Crippen LogP) is 2.26. The molecule has 1 heterocycles. The van der Waals surface area contributed by atoms with Crippen LogP contribution in [0.3, 0.4) is 0 Å². The molecule has 1 aliphatic heterocycles. The van der Waals surface area contributed by atoms with Crippen LogP contribution in [-0.4, -0.2) is 61.0 Å². The van der Waals surface area contributed by atoms with Gasteiger partial charge < -0.3 is 20.1 Å². The molecule has 1 rings (SSSR count). The standard InChI is InChI=1S/C17H36N2O2/c1-7-16(5,12-18-15(2,3)4)13-19(6)14-17(20)8-10-21-11-9-17/h18,20H,7-14H2,1-6H3. The third-order valence-electron chi connectivity index (χ3n) is 4.54. The number of likely N-dealkylation sites (N-methyl/N-ethyl adjacent to an activating group) is 1. The van der Waals surface area contributed by atoms with Crippen molar-refractivity contribution in [3.8, 4) is 0 Å². The number of aliphatic hydroxyl groups is 1. The maximum atomic E-state index is 10.6. The van der Waals surface area contributed by atoms with Crippen LogP contribution in [0.5, 0.6) is 0 Å². The molecule has 1 aliphatic rings. The van der Waals surface area contributed by atoms with E-state index in [1.807, 2.05) is 0 Å². The van der Waals surface area contributed by atoms with E-state index in [-0.39, 0.29) is 11.0 Å². The highest BCUT2D eigenvalue weighted by molar-refractivity contribution is 4.87. The summed E-state index contributed by atoms with van der Waals surface area (Å²) in [5.74, 6) is 0. The van der Waals surface area contributed by atoms with Crippen LogP contribution in [0, 0.1) is 5.41 Å². The topological polar surface area (TPSA) is 44.7 Å². The minimum atomic E-state index is -0.570. The Bertz CT molecular complexity index is 308. The second-order valence-corrected chi connectivity index (χ2v) is 8.28. The zero-order chi connectivity index (χ0) is 16.1. The van der Waals surface area contributed by atoms with Gasteiger partial charge in [0.05, 0.1) is 5.60 Å². The van der Waals surface area contributed by atoms with Gasteiger partial charge in [-0.05, 0) is 39.7 Å². The van der Waals surface area contributed by atoms with E-state index in [1.165, 1.54) is 0 Å². The van der Waals surface area contributed by atoms with Gasteiger partial charge in [0.15, 0.2) is 0 Å². The number of hydrogen-bond acceptors (Lipinski definition) is 4. The maximum absolute atomic E-state index is 10.6. The van der Waals surface area contributed by atoms with Crippen LogP contribution in [0.25, 0.3) is 0 Å². The van der Waals surface area contributed by atoms with Gasteiger partial charge in [-0.2, -0.15) is 0 Å². The first kappa shape index (κ1) is 18.9. The summed E-state index contributed by atoms with van der Waals surface area (Å²) in [5.41, 5.74) is -0.198. The van der Waals surface area contributed by atoms with Gasteiger partial charge in [-0.15, -0.1) is 0 Å². The SMILES string of the molecule is CCC(C)(CNC(C)(C)C)CN(C)CC1(O)CCOCC1. The highest BCUT2D eigenvalue weighted by Gasteiger charge is 2.33. The summed E-state index contributed by atoms with van der Waals surface area (Å²) in [6, 6.07) is 0. The molecule has 0 spiro atoms. The highest BCUT2D eigenvalue weighted by atomic mass is 16.5. The monoisotopic (exact) mass is 300 g/mol. The Hall–Kier alpha value is -0.160. The largest absolute Gasteiger partial charge is 0.388 e. The molecule has 0 saturated carbocycles. The van der Waals surface area contributed by atoms with E-state index in [9.17, 15) is 5.11 Å². The highest BCUT2D eigenvalue weighted by Crippen LogP contribution is 2.26. The molecule has 1 atom stereocenters. The number of rotatable bonds is 7. The van der Waals surface area contributed by atoms with Crippen LogP contribution in [0.15, 0.2) is 0 Å². The fourth-order valence-corrected chi connectivity index (χ4v) is 2.89. The summed E-state index contributed by atoms with van der Waals surface area (Å²) >= 11 is 0. The van der Waals surface area contributed by atoms with Crippen molar-refractivity contribution >= 4 is 0 Å². The summed E-state index contributed by atoms with van der Waals surface area (Å²) in [7, 11) is 2.12. The summed E-state index contributed by atoms with van der Waals surface area (Å²) in [4.78, 5) is 2.29. The van der Waals surface area contributed by atoms with Gasteiger partial charge in [-0.25, -0.2) is 0 Å². The Morgan fingerprint density at radius 3 is 2.24 bits per heavy atom. The fourth-order valence-electron chi connectivity index (χ4n) is 2.89. The minimum absolute atomic E-state index is 0.147. The van der Waals surface area contributed by atoms with Crippen LogP contribution >= 0.6 is 0 Å². The van der Waals surface area contributed by atoms with Crippen molar-refractivity contribution in [2.24, 2.45) is 5.41 Å². The molecule has 0 aromatic carbocycles. The smallest absolute Gasteiger partial charge is 0.0817 e. The van der Waals surface area contributed by atoms with Gasteiger partial charge in [0.25, 0.3) is 0 Å². The van der Waals surface area contributed by atoms with Crippen LogP contribution in [0.4, 0.5) is 0 Å². The van der Waals surface area contributed by atoms with Crippen LogP contribution in [-0.2, 0) is 4.74 Å². The molecule has 21 heavy (non-hydrogen) atoms. The lowest BCUT2D eigenvalue weighted by molar-refractivity contribution is -0.0801. The zero-order valence-corrected chi connectivity index (χ0v) is 15.0. The van der Waals surface area contributed by atoms with Gasteiger partial charge in [-0.3, -0.25) is 0 Å². The number of hydrogen-bond donors (Lipinski definition) is 2. The quantitative estimate of drug-likeness (QED) is 0.757. The molecule has 0 amide bonds. The fraction of sp³-hybridized carbons (Fsp3) is 1.00. The summed E-state index contributed by atoms with van der Waals surface area (Å²) in [6.45, 7) is 15.3. The Labute approximate surface area is 131 Å². The average Bonchev–Trinajstić information content (AvgIpc) is 2.35. The summed E-state index contributed by atoms with van der Waals surface area (Å²) < 4.78 is 5.36. The molecule has 1 unspecified atom stereocenters. The molecule has 4 nitrogen and oxygen atoms in total. The van der Waals surface area contributed by atoms with Crippen molar-refractivity contribution in [3.63, 3.8) is 0 Å². The molecular formula is C17H36N2O2. The average molecular weight is 300 g/mol. The first-order valence-corrected chi connectivity index (χ1v) is 8.31. The second-order valence-electron chi connectivity index (χ2n) is 8.28. The minimum Gasteiger partial charge on any atom is -0.388 e. The molecule has 126 valence electrons. The first-order chi connectivity index (χ1) is 9.58. The lowest BCUT2D eigenvalue weighted by Crippen LogP contribution is -2.51. The Balaban J connectivity index is 2.50. The third kappa shape index (κ3) is 7.09. The zero-order valence-electron chi connectivity index (χ0n) is 15.0. The summed E-state index contributed by atoms with van der Waals surface area (Å²) in [6.07, 6.45) is 2.63. The van der Waals surface area contributed by atoms with Gasteiger partial charge >= 0.3 is 0 Å². The predicted molar refractivity (Wildman–Crippen MR) is 88.7 cm³/mol. The van der Waals surface area contributed by atoms with E-state index in [2.05, 4.69) is 51.9 Å². The van der Waals surface area contributed by atoms with Crippen molar-refractivity contribution in [2.75, 3.05) is 39.9 Å². The normalized spacial score (nSPS) is 22.3. The van der Waals surface area contributed by atoms with Gasteiger partial charge in [0.1, 0.15) is 0 Å². The number of nitrogens with zero attached hydrogens (tertiary/aromatic N) is 1. The lowest BCUT2D eigenvalue weighted by atomic mass is 9.85. The van der Waals surface area contributed by atoms with E-state index in [1.54, 1.807) is 0 Å². The van der Waals surface area contributed by atoms with Crippen molar-refractivity contribution in [3.05, 3.63) is 0 Å². The van der Waals surface area contributed by atoms with E-state index >= 15 is 0 Å². The van der Waals surface area contributed by atoms with Crippen LogP contribution in [0.2, 0.25) is 0 Å². The van der Waals surface area contributed by atoms with Crippen molar-refractivity contribution in [2.45, 2.75) is 65.0 Å². The summed E-state index contributed by atoms with van der Waals surface area (Å²) in [5, 5.41) is 14.3. The van der Waals surface area contributed by atoms with Crippen molar-refractivity contribution < 1.29 is 9.84 Å². The van der Waals surface area contributed by atoms with Crippen molar-refractivity contribution in [1.82, 2.24) is 10.2 Å². The van der Waals surface area contributed by atoms with E-state index < -0.39 is 5.60 Å². The maximum Gasteiger partial charge on any atom is 0.0817 e.